The van der Waals surface area contributed by atoms with E-state index < -0.39 is 0 Å². The van der Waals surface area contributed by atoms with Gasteiger partial charge in [0.25, 0.3) is 0 Å². The van der Waals surface area contributed by atoms with Gasteiger partial charge in [-0.2, -0.15) is 0 Å². The van der Waals surface area contributed by atoms with Crippen LogP contribution in [0.4, 0.5) is 5.82 Å². The molecule has 0 radical (unpaired) electrons. The molecule has 0 saturated heterocycles. The third-order valence-electron chi connectivity index (χ3n) is 4.02. The van der Waals surface area contributed by atoms with Gasteiger partial charge in [0.1, 0.15) is 11.6 Å². The van der Waals surface area contributed by atoms with Crippen molar-refractivity contribution in [2.75, 3.05) is 11.9 Å². The van der Waals surface area contributed by atoms with E-state index in [-0.39, 0.29) is 0 Å². The topological polar surface area (TPSA) is 37.8 Å². The highest BCUT2D eigenvalue weighted by Crippen LogP contribution is 2.36. The first-order valence-electron chi connectivity index (χ1n) is 7.50. The second kappa shape index (κ2) is 7.22. The molecule has 1 aromatic heterocycles. The van der Waals surface area contributed by atoms with E-state index in [9.17, 15) is 0 Å². The number of anilines is 1. The molecule has 0 aliphatic heterocycles. The van der Waals surface area contributed by atoms with Gasteiger partial charge in [0, 0.05) is 18.7 Å². The van der Waals surface area contributed by atoms with E-state index in [1.807, 2.05) is 6.20 Å². The normalized spacial score (nSPS) is 23.3. The van der Waals surface area contributed by atoms with Gasteiger partial charge in [-0.1, -0.05) is 19.8 Å². The smallest absolute Gasteiger partial charge is 0.144 e. The molecular weight excluding hydrogens is 302 g/mol. The number of nitrogens with one attached hydrogen (secondary N) is 1. The fraction of sp³-hybridized carbons (Fsp3) is 0.733. The molecule has 1 heterocycles. The number of hydrogen-bond donors (Lipinski definition) is 1. The van der Waals surface area contributed by atoms with Gasteiger partial charge < -0.3 is 5.32 Å². The molecule has 0 atom stereocenters. The molecule has 0 aromatic carbocycles. The summed E-state index contributed by atoms with van der Waals surface area (Å²) in [5.74, 6) is 3.45. The summed E-state index contributed by atoms with van der Waals surface area (Å²) in [4.78, 5) is 9.21. The van der Waals surface area contributed by atoms with Crippen molar-refractivity contribution in [1.82, 2.24) is 9.97 Å². The standard InChI is InChI=1S/C15H24BrN3/c1-3-5-11-6-8-12(9-7-11)14-18-10-13(16)15(19-14)17-4-2/h10-12H,3-9H2,1-2H3,(H,17,18,19). The second-order valence-corrected chi connectivity index (χ2v) is 6.32. The zero-order chi connectivity index (χ0) is 13.7. The van der Waals surface area contributed by atoms with Crippen LogP contribution in [0.25, 0.3) is 0 Å². The lowest BCUT2D eigenvalue weighted by molar-refractivity contribution is 0.302. The van der Waals surface area contributed by atoms with E-state index in [0.717, 1.165) is 28.6 Å². The molecular formula is C15H24BrN3. The minimum Gasteiger partial charge on any atom is -0.369 e. The summed E-state index contributed by atoms with van der Waals surface area (Å²) in [5.41, 5.74) is 0. The van der Waals surface area contributed by atoms with Crippen LogP contribution in [0.1, 0.15) is 64.1 Å². The van der Waals surface area contributed by atoms with Crippen molar-refractivity contribution >= 4 is 21.7 Å². The molecule has 1 saturated carbocycles. The number of halogens is 1. The quantitative estimate of drug-likeness (QED) is 0.849. The maximum Gasteiger partial charge on any atom is 0.144 e. The van der Waals surface area contributed by atoms with Crippen LogP contribution in [0.15, 0.2) is 10.7 Å². The van der Waals surface area contributed by atoms with Gasteiger partial charge in [-0.3, -0.25) is 0 Å². The van der Waals surface area contributed by atoms with E-state index >= 15 is 0 Å². The van der Waals surface area contributed by atoms with Crippen LogP contribution in [0.5, 0.6) is 0 Å². The summed E-state index contributed by atoms with van der Waals surface area (Å²) >= 11 is 3.50. The Kier molecular flexibility index (Phi) is 5.61. The number of hydrogen-bond acceptors (Lipinski definition) is 3. The molecule has 0 bridgehead atoms. The van der Waals surface area contributed by atoms with Crippen LogP contribution in [0, 0.1) is 5.92 Å². The molecule has 0 unspecified atom stereocenters. The molecule has 0 amide bonds. The van der Waals surface area contributed by atoms with Crippen LogP contribution >= 0.6 is 15.9 Å². The van der Waals surface area contributed by atoms with Gasteiger partial charge in [-0.15, -0.1) is 0 Å². The summed E-state index contributed by atoms with van der Waals surface area (Å²) in [6.07, 6.45) is 9.77. The van der Waals surface area contributed by atoms with Gasteiger partial charge in [0.05, 0.1) is 4.47 Å². The molecule has 2 rings (SSSR count). The van der Waals surface area contributed by atoms with Crippen molar-refractivity contribution < 1.29 is 0 Å². The zero-order valence-electron chi connectivity index (χ0n) is 12.0. The van der Waals surface area contributed by atoms with Gasteiger partial charge in [0.15, 0.2) is 0 Å². The van der Waals surface area contributed by atoms with E-state index in [0.29, 0.717) is 5.92 Å². The molecule has 1 N–H and O–H groups in total. The Labute approximate surface area is 124 Å². The molecule has 106 valence electrons. The molecule has 19 heavy (non-hydrogen) atoms. The minimum absolute atomic E-state index is 0.554. The largest absolute Gasteiger partial charge is 0.369 e. The molecule has 0 spiro atoms. The molecule has 1 aliphatic carbocycles. The first-order valence-corrected chi connectivity index (χ1v) is 8.30. The predicted molar refractivity (Wildman–Crippen MR) is 83.5 cm³/mol. The number of nitrogens with zero attached hydrogens (tertiary/aromatic N) is 2. The minimum atomic E-state index is 0.554. The lowest BCUT2D eigenvalue weighted by atomic mass is 9.80. The van der Waals surface area contributed by atoms with Crippen LogP contribution in [0.2, 0.25) is 0 Å². The van der Waals surface area contributed by atoms with E-state index in [4.69, 9.17) is 0 Å². The first kappa shape index (κ1) is 14.8. The van der Waals surface area contributed by atoms with E-state index in [2.05, 4.69) is 45.1 Å². The van der Waals surface area contributed by atoms with Crippen molar-refractivity contribution in [2.45, 2.75) is 58.3 Å². The molecule has 1 aliphatic rings. The Morgan fingerprint density at radius 2 is 2.00 bits per heavy atom. The third-order valence-corrected chi connectivity index (χ3v) is 4.60. The van der Waals surface area contributed by atoms with Crippen LogP contribution in [-0.2, 0) is 0 Å². The average molecular weight is 326 g/mol. The Bertz CT molecular complexity index is 400. The van der Waals surface area contributed by atoms with Crippen molar-refractivity contribution in [1.29, 1.82) is 0 Å². The molecule has 4 heteroatoms. The Morgan fingerprint density at radius 3 is 2.63 bits per heavy atom. The summed E-state index contributed by atoms with van der Waals surface area (Å²) < 4.78 is 0.956. The SMILES string of the molecule is CCCC1CCC(c2ncc(Br)c(NCC)n2)CC1. The molecule has 3 nitrogen and oxygen atoms in total. The number of aromatic nitrogens is 2. The lowest BCUT2D eigenvalue weighted by Crippen LogP contribution is -2.16. The summed E-state index contributed by atoms with van der Waals surface area (Å²) in [6.45, 7) is 5.26. The van der Waals surface area contributed by atoms with Crippen molar-refractivity contribution in [3.63, 3.8) is 0 Å². The second-order valence-electron chi connectivity index (χ2n) is 5.46. The molecule has 1 aromatic rings. The summed E-state index contributed by atoms with van der Waals surface area (Å²) in [7, 11) is 0. The predicted octanol–water partition coefficient (Wildman–Crippen LogP) is 4.74. The summed E-state index contributed by atoms with van der Waals surface area (Å²) in [6, 6.07) is 0. The highest BCUT2D eigenvalue weighted by Gasteiger charge is 2.24. The highest BCUT2D eigenvalue weighted by atomic mass is 79.9. The zero-order valence-corrected chi connectivity index (χ0v) is 13.5. The van der Waals surface area contributed by atoms with Crippen molar-refractivity contribution in [2.24, 2.45) is 5.92 Å². The monoisotopic (exact) mass is 325 g/mol. The third kappa shape index (κ3) is 3.91. The highest BCUT2D eigenvalue weighted by molar-refractivity contribution is 9.10. The summed E-state index contributed by atoms with van der Waals surface area (Å²) in [5, 5.41) is 3.29. The van der Waals surface area contributed by atoms with Crippen LogP contribution in [-0.4, -0.2) is 16.5 Å². The van der Waals surface area contributed by atoms with Crippen LogP contribution < -0.4 is 5.32 Å². The van der Waals surface area contributed by atoms with Crippen LogP contribution in [0.3, 0.4) is 0 Å². The molecule has 1 fully saturated rings. The van der Waals surface area contributed by atoms with Crippen molar-refractivity contribution in [3.05, 3.63) is 16.5 Å². The maximum absolute atomic E-state index is 4.69. The maximum atomic E-state index is 4.69. The van der Waals surface area contributed by atoms with Gasteiger partial charge in [-0.05, 0) is 54.5 Å². The van der Waals surface area contributed by atoms with Gasteiger partial charge in [0.2, 0.25) is 0 Å². The van der Waals surface area contributed by atoms with Crippen molar-refractivity contribution in [3.8, 4) is 0 Å². The van der Waals surface area contributed by atoms with E-state index in [1.54, 1.807) is 0 Å². The van der Waals surface area contributed by atoms with E-state index in [1.165, 1.54) is 38.5 Å². The Morgan fingerprint density at radius 1 is 1.26 bits per heavy atom. The Balaban J connectivity index is 2.01. The Hall–Kier alpha value is -0.640. The fourth-order valence-electron chi connectivity index (χ4n) is 2.99. The van der Waals surface area contributed by atoms with Gasteiger partial charge >= 0.3 is 0 Å². The fourth-order valence-corrected chi connectivity index (χ4v) is 3.32. The average Bonchev–Trinajstić information content (AvgIpc) is 2.43. The number of rotatable bonds is 5. The lowest BCUT2D eigenvalue weighted by Gasteiger charge is -2.27. The van der Waals surface area contributed by atoms with Gasteiger partial charge in [-0.25, -0.2) is 9.97 Å². The first-order chi connectivity index (χ1) is 9.24.